The van der Waals surface area contributed by atoms with Crippen LogP contribution in [0.15, 0.2) is 18.3 Å². The van der Waals surface area contributed by atoms with Crippen LogP contribution in [0, 0.1) is 6.92 Å². The molecule has 21 heavy (non-hydrogen) atoms. The Kier molecular flexibility index (Phi) is 4.75. The number of hydrogen-bond donors (Lipinski definition) is 0. The number of ether oxygens (including phenoxy) is 2. The average Bonchev–Trinajstić information content (AvgIpc) is 2.47. The van der Waals surface area contributed by atoms with E-state index in [2.05, 4.69) is 9.97 Å². The smallest absolute Gasteiger partial charge is 0.237 e. The van der Waals surface area contributed by atoms with Gasteiger partial charge in [0.15, 0.2) is 0 Å². The molecule has 0 amide bonds. The number of benzene rings is 1. The molecule has 0 radical (unpaired) electrons. The summed E-state index contributed by atoms with van der Waals surface area (Å²) in [6.07, 6.45) is 1.48. The normalized spacial score (nSPS) is 10.4. The molecular formula is C14H15Cl2N3O2. The van der Waals surface area contributed by atoms with Crippen molar-refractivity contribution in [3.05, 3.63) is 33.9 Å². The first-order valence-electron chi connectivity index (χ1n) is 6.12. The number of rotatable bonds is 4. The highest BCUT2D eigenvalue weighted by Gasteiger charge is 2.15. The fraction of sp³-hybridized carbons (Fsp3) is 0.286. The van der Waals surface area contributed by atoms with Gasteiger partial charge in [0.2, 0.25) is 11.8 Å². The molecule has 0 aliphatic carbocycles. The van der Waals surface area contributed by atoms with Crippen LogP contribution in [0.5, 0.6) is 11.6 Å². The SMILES string of the molecule is COc1cc(N(C)c2ncc(Cl)c(OC)n2)c(Cl)cc1C. The van der Waals surface area contributed by atoms with E-state index in [0.717, 1.165) is 17.0 Å². The van der Waals surface area contributed by atoms with Crippen molar-refractivity contribution in [2.75, 3.05) is 26.2 Å². The van der Waals surface area contributed by atoms with Crippen LogP contribution in [0.25, 0.3) is 0 Å². The summed E-state index contributed by atoms with van der Waals surface area (Å²) >= 11 is 12.2. The lowest BCUT2D eigenvalue weighted by Gasteiger charge is -2.20. The summed E-state index contributed by atoms with van der Waals surface area (Å²) in [4.78, 5) is 10.2. The van der Waals surface area contributed by atoms with Gasteiger partial charge in [-0.1, -0.05) is 23.2 Å². The van der Waals surface area contributed by atoms with Crippen LogP contribution < -0.4 is 14.4 Å². The van der Waals surface area contributed by atoms with Crippen molar-refractivity contribution in [3.63, 3.8) is 0 Å². The molecule has 0 fully saturated rings. The average molecular weight is 328 g/mol. The number of halogens is 2. The highest BCUT2D eigenvalue weighted by atomic mass is 35.5. The van der Waals surface area contributed by atoms with E-state index in [1.807, 2.05) is 19.1 Å². The van der Waals surface area contributed by atoms with Crippen molar-refractivity contribution in [2.45, 2.75) is 6.92 Å². The zero-order valence-corrected chi connectivity index (χ0v) is 13.7. The Balaban J connectivity index is 2.46. The Hall–Kier alpha value is -1.72. The number of anilines is 2. The summed E-state index contributed by atoms with van der Waals surface area (Å²) in [5.74, 6) is 1.47. The van der Waals surface area contributed by atoms with Crippen LogP contribution in [0.4, 0.5) is 11.6 Å². The van der Waals surface area contributed by atoms with Crippen molar-refractivity contribution in [2.24, 2.45) is 0 Å². The van der Waals surface area contributed by atoms with Crippen molar-refractivity contribution in [3.8, 4) is 11.6 Å². The first kappa shape index (κ1) is 15.7. The van der Waals surface area contributed by atoms with Crippen LogP contribution in [0.1, 0.15) is 5.56 Å². The Labute approximate surface area is 133 Å². The van der Waals surface area contributed by atoms with E-state index in [0.29, 0.717) is 21.9 Å². The molecule has 112 valence electrons. The van der Waals surface area contributed by atoms with E-state index in [9.17, 15) is 0 Å². The number of aromatic nitrogens is 2. The summed E-state index contributed by atoms with van der Waals surface area (Å²) in [6.45, 7) is 1.93. The molecule has 5 nitrogen and oxygen atoms in total. The third kappa shape index (κ3) is 3.14. The molecule has 0 saturated heterocycles. The topological polar surface area (TPSA) is 47.5 Å². The maximum Gasteiger partial charge on any atom is 0.237 e. The van der Waals surface area contributed by atoms with E-state index in [1.165, 1.54) is 13.3 Å². The molecule has 0 bridgehead atoms. The highest BCUT2D eigenvalue weighted by molar-refractivity contribution is 6.33. The standard InChI is InChI=1S/C14H15Cl2N3O2/c1-8-5-9(15)11(6-12(8)20-3)19(2)14-17-7-10(16)13(18-14)21-4/h5-7H,1-4H3. The van der Waals surface area contributed by atoms with Gasteiger partial charge in [0.05, 0.1) is 31.1 Å². The summed E-state index contributed by atoms with van der Waals surface area (Å²) in [5, 5.41) is 0.926. The predicted octanol–water partition coefficient (Wildman–Crippen LogP) is 3.88. The lowest BCUT2D eigenvalue weighted by atomic mass is 10.2. The van der Waals surface area contributed by atoms with Crippen LogP contribution in [-0.2, 0) is 0 Å². The molecule has 2 rings (SSSR count). The highest BCUT2D eigenvalue weighted by Crippen LogP contribution is 2.35. The minimum atomic E-state index is 0.309. The van der Waals surface area contributed by atoms with Gasteiger partial charge in [-0.15, -0.1) is 0 Å². The second-order valence-electron chi connectivity index (χ2n) is 4.36. The number of aryl methyl sites for hydroxylation is 1. The maximum absolute atomic E-state index is 6.30. The van der Waals surface area contributed by atoms with E-state index in [-0.39, 0.29) is 0 Å². The lowest BCUT2D eigenvalue weighted by molar-refractivity contribution is 0.397. The molecule has 0 aliphatic heterocycles. The van der Waals surface area contributed by atoms with Crippen molar-refractivity contribution >= 4 is 34.8 Å². The monoisotopic (exact) mass is 327 g/mol. The van der Waals surface area contributed by atoms with Crippen molar-refractivity contribution < 1.29 is 9.47 Å². The number of hydrogen-bond acceptors (Lipinski definition) is 5. The first-order valence-corrected chi connectivity index (χ1v) is 6.88. The molecule has 0 N–H and O–H groups in total. The Morgan fingerprint density at radius 3 is 2.43 bits per heavy atom. The van der Waals surface area contributed by atoms with Crippen molar-refractivity contribution in [1.82, 2.24) is 9.97 Å². The van der Waals surface area contributed by atoms with Gasteiger partial charge in [-0.3, -0.25) is 0 Å². The second-order valence-corrected chi connectivity index (χ2v) is 5.17. The third-order valence-corrected chi connectivity index (χ3v) is 3.58. The van der Waals surface area contributed by atoms with Gasteiger partial charge in [-0.25, -0.2) is 4.98 Å². The van der Waals surface area contributed by atoms with Gasteiger partial charge >= 0.3 is 0 Å². The molecule has 0 atom stereocenters. The van der Waals surface area contributed by atoms with Gasteiger partial charge in [-0.05, 0) is 18.6 Å². The van der Waals surface area contributed by atoms with Crippen LogP contribution in [-0.4, -0.2) is 31.2 Å². The molecule has 0 aliphatic rings. The molecule has 0 spiro atoms. The zero-order chi connectivity index (χ0) is 15.6. The molecule has 1 heterocycles. The third-order valence-electron chi connectivity index (χ3n) is 3.02. The predicted molar refractivity (Wildman–Crippen MR) is 84.4 cm³/mol. The second kappa shape index (κ2) is 6.37. The van der Waals surface area contributed by atoms with Gasteiger partial charge in [0.25, 0.3) is 0 Å². The Bertz CT molecular complexity index is 665. The minimum Gasteiger partial charge on any atom is -0.496 e. The molecule has 7 heteroatoms. The van der Waals surface area contributed by atoms with Crippen LogP contribution in [0.3, 0.4) is 0 Å². The summed E-state index contributed by atoms with van der Waals surface area (Å²) < 4.78 is 10.4. The van der Waals surface area contributed by atoms with E-state index in [4.69, 9.17) is 32.7 Å². The van der Waals surface area contributed by atoms with Gasteiger partial charge in [-0.2, -0.15) is 4.98 Å². The summed E-state index contributed by atoms with van der Waals surface area (Å²) in [6, 6.07) is 3.67. The first-order chi connectivity index (χ1) is 9.97. The van der Waals surface area contributed by atoms with Gasteiger partial charge < -0.3 is 14.4 Å². The molecular weight excluding hydrogens is 313 g/mol. The van der Waals surface area contributed by atoms with Gasteiger partial charge in [0, 0.05) is 13.1 Å². The van der Waals surface area contributed by atoms with Crippen LogP contribution >= 0.6 is 23.2 Å². The summed E-state index contributed by atoms with van der Waals surface area (Å²) in [7, 11) is 4.92. The van der Waals surface area contributed by atoms with E-state index < -0.39 is 0 Å². The quantitative estimate of drug-likeness (QED) is 0.852. The summed E-state index contributed by atoms with van der Waals surface area (Å²) in [5.41, 5.74) is 1.68. The lowest BCUT2D eigenvalue weighted by Crippen LogP contribution is -2.14. The fourth-order valence-electron chi connectivity index (χ4n) is 1.87. The van der Waals surface area contributed by atoms with Gasteiger partial charge in [0.1, 0.15) is 10.8 Å². The number of nitrogens with zero attached hydrogens (tertiary/aromatic N) is 3. The molecule has 2 aromatic rings. The van der Waals surface area contributed by atoms with Crippen LogP contribution in [0.2, 0.25) is 10.0 Å². The molecule has 0 unspecified atom stereocenters. The van der Waals surface area contributed by atoms with E-state index in [1.54, 1.807) is 19.1 Å². The van der Waals surface area contributed by atoms with Crippen molar-refractivity contribution in [1.29, 1.82) is 0 Å². The Morgan fingerprint density at radius 2 is 1.81 bits per heavy atom. The Morgan fingerprint density at radius 1 is 1.10 bits per heavy atom. The maximum atomic E-state index is 6.30. The molecule has 0 saturated carbocycles. The fourth-order valence-corrected chi connectivity index (χ4v) is 2.39. The number of methoxy groups -OCH3 is 2. The molecule has 1 aromatic carbocycles. The minimum absolute atomic E-state index is 0.309. The largest absolute Gasteiger partial charge is 0.496 e. The van der Waals surface area contributed by atoms with E-state index >= 15 is 0 Å². The zero-order valence-electron chi connectivity index (χ0n) is 12.1. The molecule has 1 aromatic heterocycles.